The molecule has 2 heterocycles. The number of rotatable bonds is 5. The molecule has 1 aromatic rings. The quantitative estimate of drug-likeness (QED) is 0.839. The van der Waals surface area contributed by atoms with Crippen LogP contribution in [0.25, 0.3) is 0 Å². The molecule has 0 radical (unpaired) electrons. The molecule has 7 heteroatoms. The number of nitrogens with zero attached hydrogens (tertiary/aromatic N) is 4. The molecule has 1 saturated heterocycles. The van der Waals surface area contributed by atoms with Gasteiger partial charge < -0.3 is 10.0 Å². The molecule has 1 atom stereocenters. The lowest BCUT2D eigenvalue weighted by Crippen LogP contribution is -2.52. The van der Waals surface area contributed by atoms with E-state index in [0.717, 1.165) is 6.42 Å². The van der Waals surface area contributed by atoms with Crippen LogP contribution >= 0.6 is 0 Å². The normalized spacial score (nSPS) is 22.7. The summed E-state index contributed by atoms with van der Waals surface area (Å²) in [5.41, 5.74) is -1.01. The number of aliphatic carboxylic acids is 1. The minimum atomic E-state index is -1.01. The molecule has 7 nitrogen and oxygen atoms in total. The Morgan fingerprint density at radius 1 is 1.47 bits per heavy atom. The lowest BCUT2D eigenvalue weighted by Gasteiger charge is -2.34. The minimum Gasteiger partial charge on any atom is -0.479 e. The van der Waals surface area contributed by atoms with Crippen molar-refractivity contribution in [2.24, 2.45) is 0 Å². The van der Waals surface area contributed by atoms with Gasteiger partial charge in [0.2, 0.25) is 5.91 Å². The van der Waals surface area contributed by atoms with Crippen LogP contribution in [0.5, 0.6) is 0 Å². The first kappa shape index (κ1) is 13.5. The van der Waals surface area contributed by atoms with E-state index >= 15 is 0 Å². The second kappa shape index (κ2) is 5.38. The van der Waals surface area contributed by atoms with Gasteiger partial charge in [0, 0.05) is 19.2 Å². The summed E-state index contributed by atoms with van der Waals surface area (Å²) in [5, 5.41) is 16.9. The number of aromatic nitrogens is 3. The molecule has 1 aliphatic heterocycles. The molecule has 1 amide bonds. The zero-order valence-electron chi connectivity index (χ0n) is 10.9. The third kappa shape index (κ3) is 2.45. The highest BCUT2D eigenvalue weighted by Crippen LogP contribution is 2.33. The minimum absolute atomic E-state index is 0.128. The summed E-state index contributed by atoms with van der Waals surface area (Å²) >= 11 is 0. The van der Waals surface area contributed by atoms with Gasteiger partial charge in [-0.1, -0.05) is 12.1 Å². The highest BCUT2D eigenvalue weighted by Gasteiger charge is 2.48. The summed E-state index contributed by atoms with van der Waals surface area (Å²) in [6.45, 7) is 2.77. The molecule has 19 heavy (non-hydrogen) atoms. The molecule has 1 unspecified atom stereocenters. The van der Waals surface area contributed by atoms with Crippen LogP contribution in [0.3, 0.4) is 0 Å². The Morgan fingerprint density at radius 3 is 2.84 bits per heavy atom. The topological polar surface area (TPSA) is 88.3 Å². The average molecular weight is 266 g/mol. The third-order valence-corrected chi connectivity index (χ3v) is 3.80. The molecule has 0 aromatic carbocycles. The Hall–Kier alpha value is -1.92. The number of likely N-dealkylation sites (tertiary alicyclic amines) is 1. The van der Waals surface area contributed by atoms with E-state index in [-0.39, 0.29) is 12.3 Å². The molecule has 104 valence electrons. The Kier molecular flexibility index (Phi) is 3.82. The lowest BCUT2D eigenvalue weighted by molar-refractivity contribution is -0.157. The predicted octanol–water partition coefficient (Wildman–Crippen LogP) is 0.524. The van der Waals surface area contributed by atoms with E-state index in [0.29, 0.717) is 25.9 Å². The predicted molar refractivity (Wildman–Crippen MR) is 66.2 cm³/mol. The Labute approximate surface area is 111 Å². The SMILES string of the molecule is CCC1(C(=O)O)CCCN1C(=O)CCn1ccnn1. The van der Waals surface area contributed by atoms with E-state index in [1.54, 1.807) is 17.1 Å². The average Bonchev–Trinajstić information content (AvgIpc) is 3.05. The molecule has 0 bridgehead atoms. The third-order valence-electron chi connectivity index (χ3n) is 3.80. The van der Waals surface area contributed by atoms with Crippen molar-refractivity contribution in [3.05, 3.63) is 12.4 Å². The van der Waals surface area contributed by atoms with Crippen LogP contribution < -0.4 is 0 Å². The van der Waals surface area contributed by atoms with Crippen LogP contribution in [0.15, 0.2) is 12.4 Å². The van der Waals surface area contributed by atoms with E-state index in [1.165, 1.54) is 4.90 Å². The molecule has 1 fully saturated rings. The summed E-state index contributed by atoms with van der Waals surface area (Å²) in [6.07, 6.45) is 5.20. The smallest absolute Gasteiger partial charge is 0.329 e. The molecule has 0 spiro atoms. The van der Waals surface area contributed by atoms with Gasteiger partial charge in [-0.25, -0.2) is 4.79 Å². The molecular weight excluding hydrogens is 248 g/mol. The number of carboxylic acid groups (broad SMARTS) is 1. The van der Waals surface area contributed by atoms with Crippen LogP contribution in [-0.4, -0.2) is 49.0 Å². The van der Waals surface area contributed by atoms with Gasteiger partial charge in [-0.3, -0.25) is 9.48 Å². The van der Waals surface area contributed by atoms with Gasteiger partial charge >= 0.3 is 5.97 Å². The summed E-state index contributed by atoms with van der Waals surface area (Å²) in [4.78, 5) is 25.2. The standard InChI is InChI=1S/C12H18N4O3/c1-2-12(11(18)19)5-3-7-16(12)10(17)4-8-15-9-6-13-14-15/h6,9H,2-5,7-8H2,1H3,(H,18,19). The van der Waals surface area contributed by atoms with E-state index < -0.39 is 11.5 Å². The number of hydrogen-bond acceptors (Lipinski definition) is 4. The Balaban J connectivity index is 2.03. The van der Waals surface area contributed by atoms with Crippen LogP contribution in [0.1, 0.15) is 32.6 Å². The maximum Gasteiger partial charge on any atom is 0.329 e. The van der Waals surface area contributed by atoms with Gasteiger partial charge in [0.25, 0.3) is 0 Å². The van der Waals surface area contributed by atoms with Gasteiger partial charge in [0.1, 0.15) is 5.54 Å². The summed E-state index contributed by atoms with van der Waals surface area (Å²) in [7, 11) is 0. The van der Waals surface area contributed by atoms with E-state index in [9.17, 15) is 14.7 Å². The maximum absolute atomic E-state index is 12.2. The number of carboxylic acids is 1. The van der Waals surface area contributed by atoms with Gasteiger partial charge in [0.05, 0.1) is 12.7 Å². The van der Waals surface area contributed by atoms with Gasteiger partial charge in [-0.05, 0) is 19.3 Å². The van der Waals surface area contributed by atoms with Gasteiger partial charge in [-0.2, -0.15) is 0 Å². The lowest BCUT2D eigenvalue weighted by atomic mass is 9.93. The summed E-state index contributed by atoms with van der Waals surface area (Å²) in [6, 6.07) is 0. The molecular formula is C12H18N4O3. The van der Waals surface area contributed by atoms with Crippen LogP contribution in [-0.2, 0) is 16.1 Å². The molecule has 0 saturated carbocycles. The zero-order valence-corrected chi connectivity index (χ0v) is 10.9. The van der Waals surface area contributed by atoms with Crippen molar-refractivity contribution in [3.8, 4) is 0 Å². The largest absolute Gasteiger partial charge is 0.479 e. The number of carbonyl (C=O) groups is 2. The van der Waals surface area contributed by atoms with Crippen molar-refractivity contribution in [2.75, 3.05) is 6.54 Å². The number of amides is 1. The summed E-state index contributed by atoms with van der Waals surface area (Å²) in [5.74, 6) is -1.03. The fourth-order valence-corrected chi connectivity index (χ4v) is 2.68. The first-order valence-corrected chi connectivity index (χ1v) is 6.48. The Bertz CT molecular complexity index is 460. The molecule has 1 N–H and O–H groups in total. The summed E-state index contributed by atoms with van der Waals surface area (Å²) < 4.78 is 1.57. The second-order valence-corrected chi connectivity index (χ2v) is 4.76. The van der Waals surface area contributed by atoms with Crippen molar-refractivity contribution < 1.29 is 14.7 Å². The molecule has 2 rings (SSSR count). The Morgan fingerprint density at radius 2 is 2.26 bits per heavy atom. The first-order valence-electron chi connectivity index (χ1n) is 6.48. The molecule has 1 aliphatic rings. The van der Waals surface area contributed by atoms with E-state index in [4.69, 9.17) is 0 Å². The maximum atomic E-state index is 12.2. The van der Waals surface area contributed by atoms with Gasteiger partial charge in [-0.15, -0.1) is 5.10 Å². The van der Waals surface area contributed by atoms with Gasteiger partial charge in [0.15, 0.2) is 0 Å². The molecule has 1 aromatic heterocycles. The number of hydrogen-bond donors (Lipinski definition) is 1. The van der Waals surface area contributed by atoms with Crippen molar-refractivity contribution in [2.45, 2.75) is 44.7 Å². The van der Waals surface area contributed by atoms with Crippen molar-refractivity contribution in [1.29, 1.82) is 0 Å². The number of aryl methyl sites for hydroxylation is 1. The van der Waals surface area contributed by atoms with E-state index in [2.05, 4.69) is 10.3 Å². The monoisotopic (exact) mass is 266 g/mol. The van der Waals surface area contributed by atoms with Crippen molar-refractivity contribution >= 4 is 11.9 Å². The first-order chi connectivity index (χ1) is 9.10. The fourth-order valence-electron chi connectivity index (χ4n) is 2.68. The highest BCUT2D eigenvalue weighted by atomic mass is 16.4. The molecule has 0 aliphatic carbocycles. The van der Waals surface area contributed by atoms with E-state index in [1.807, 2.05) is 6.92 Å². The number of carbonyl (C=O) groups excluding carboxylic acids is 1. The zero-order chi connectivity index (χ0) is 13.9. The second-order valence-electron chi connectivity index (χ2n) is 4.76. The van der Waals surface area contributed by atoms with Crippen molar-refractivity contribution in [3.63, 3.8) is 0 Å². The highest BCUT2D eigenvalue weighted by molar-refractivity contribution is 5.87. The van der Waals surface area contributed by atoms with Crippen LogP contribution in [0.4, 0.5) is 0 Å². The van der Waals surface area contributed by atoms with Crippen molar-refractivity contribution in [1.82, 2.24) is 19.9 Å². The fraction of sp³-hybridized carbons (Fsp3) is 0.667. The van der Waals surface area contributed by atoms with Crippen LogP contribution in [0.2, 0.25) is 0 Å². The van der Waals surface area contributed by atoms with Crippen LogP contribution in [0, 0.1) is 0 Å².